The quantitative estimate of drug-likeness (QED) is 0.544. The maximum absolute atomic E-state index is 12.1. The molecule has 2 fully saturated rings. The molecule has 0 saturated carbocycles. The van der Waals surface area contributed by atoms with E-state index in [2.05, 4.69) is 4.57 Å². The van der Waals surface area contributed by atoms with E-state index in [9.17, 15) is 14.7 Å². The number of aromatic nitrogens is 1. The first-order chi connectivity index (χ1) is 11.1. The number of aryl methyl sites for hydroxylation is 1. The van der Waals surface area contributed by atoms with Crippen LogP contribution in [-0.2, 0) is 16.1 Å². The molecule has 6 nitrogen and oxygen atoms in total. The number of carbonyl (C=O) groups excluding carboxylic acids is 1. The number of aliphatic carboxylic acids is 1. The smallest absolute Gasteiger partial charge is 0.328 e. The third-order valence-corrected chi connectivity index (χ3v) is 7.23. The summed E-state index contributed by atoms with van der Waals surface area (Å²) in [6.07, 6.45) is 4.37. The Morgan fingerprint density at radius 2 is 2.09 bits per heavy atom. The molecule has 4 atom stereocenters. The molecule has 2 aliphatic rings. The molecule has 23 heavy (non-hydrogen) atoms. The summed E-state index contributed by atoms with van der Waals surface area (Å²) < 4.78 is 1.89. The molecule has 124 valence electrons. The number of hydrogen-bond acceptors (Lipinski definition) is 5. The fourth-order valence-corrected chi connectivity index (χ4v) is 6.38. The van der Waals surface area contributed by atoms with Gasteiger partial charge in [-0.05, 0) is 6.42 Å². The number of hydrogen-bond donors (Lipinski definition) is 2. The summed E-state index contributed by atoms with van der Waals surface area (Å²) in [6, 6.07) is 5.10. The SMILES string of the molecule is O=C(O)C1C(SCC[n+]2ccccc2)SC2[C@@H](CCO)C(=O)N12. The molecule has 0 spiro atoms. The van der Waals surface area contributed by atoms with Crippen LogP contribution in [0.3, 0.4) is 0 Å². The van der Waals surface area contributed by atoms with E-state index in [0.29, 0.717) is 6.42 Å². The summed E-state index contributed by atoms with van der Waals surface area (Å²) in [4.78, 5) is 25.2. The van der Waals surface area contributed by atoms with Gasteiger partial charge in [0, 0.05) is 18.7 Å². The number of thioether (sulfide) groups is 2. The summed E-state index contributed by atoms with van der Waals surface area (Å²) in [6.45, 7) is 0.759. The van der Waals surface area contributed by atoms with Crippen molar-refractivity contribution in [2.24, 2.45) is 5.92 Å². The fourth-order valence-electron chi connectivity index (χ4n) is 2.98. The number of carboxylic acids is 1. The number of amides is 1. The molecule has 2 aliphatic heterocycles. The molecule has 3 rings (SSSR count). The Morgan fingerprint density at radius 1 is 1.35 bits per heavy atom. The van der Waals surface area contributed by atoms with Gasteiger partial charge in [0.05, 0.1) is 21.6 Å². The molecule has 0 radical (unpaired) electrons. The number of carbonyl (C=O) groups is 2. The summed E-state index contributed by atoms with van der Waals surface area (Å²) in [5.74, 6) is -0.527. The molecule has 1 aromatic rings. The van der Waals surface area contributed by atoms with Crippen LogP contribution in [0.15, 0.2) is 30.6 Å². The summed E-state index contributed by atoms with van der Waals surface area (Å²) in [5.41, 5.74) is 0. The van der Waals surface area contributed by atoms with Crippen molar-refractivity contribution in [1.29, 1.82) is 0 Å². The second-order valence-electron chi connectivity index (χ2n) is 5.53. The molecule has 1 amide bonds. The van der Waals surface area contributed by atoms with Crippen molar-refractivity contribution in [3.63, 3.8) is 0 Å². The summed E-state index contributed by atoms with van der Waals surface area (Å²) in [7, 11) is 0. The van der Waals surface area contributed by atoms with Crippen molar-refractivity contribution >= 4 is 35.4 Å². The molecule has 2 N–H and O–H groups in total. The first kappa shape index (κ1) is 16.6. The van der Waals surface area contributed by atoms with Crippen LogP contribution in [-0.4, -0.2) is 55.3 Å². The number of carboxylic acid groups (broad SMARTS) is 1. The molecule has 8 heteroatoms. The van der Waals surface area contributed by atoms with E-state index in [4.69, 9.17) is 5.11 Å². The molecule has 0 bridgehead atoms. The highest BCUT2D eigenvalue weighted by Crippen LogP contribution is 2.51. The number of pyridine rings is 1. The van der Waals surface area contributed by atoms with Gasteiger partial charge in [-0.3, -0.25) is 4.79 Å². The van der Waals surface area contributed by atoms with E-state index < -0.39 is 12.0 Å². The van der Waals surface area contributed by atoms with Crippen molar-refractivity contribution < 1.29 is 24.4 Å². The highest BCUT2D eigenvalue weighted by molar-refractivity contribution is 8.17. The van der Waals surface area contributed by atoms with E-state index >= 15 is 0 Å². The minimum Gasteiger partial charge on any atom is -0.480 e. The van der Waals surface area contributed by atoms with E-state index in [1.165, 1.54) is 4.90 Å². The molecule has 3 heterocycles. The van der Waals surface area contributed by atoms with Crippen LogP contribution in [0.5, 0.6) is 0 Å². The number of β-lactam (4-membered cyclic amide) rings is 1. The zero-order chi connectivity index (χ0) is 16.4. The first-order valence-electron chi connectivity index (χ1n) is 7.50. The Morgan fingerprint density at radius 3 is 2.74 bits per heavy atom. The topological polar surface area (TPSA) is 81.7 Å². The zero-order valence-corrected chi connectivity index (χ0v) is 14.1. The standard InChI is InChI=1S/C15H18N2O4S2/c18-8-4-10-12(19)17-11(14(20)21)15(23-13(10)17)22-9-7-16-5-2-1-3-6-16/h1-3,5-6,10-11,13,15,18H,4,7-9H2/p+1/t10-,11?,13?,15?/m0/s1. The lowest BCUT2D eigenvalue weighted by atomic mass is 9.93. The molecule has 2 saturated heterocycles. The summed E-state index contributed by atoms with van der Waals surface area (Å²) in [5, 5.41) is 18.4. The Kier molecular flexibility index (Phi) is 5.13. The van der Waals surface area contributed by atoms with Gasteiger partial charge in [0.15, 0.2) is 25.0 Å². The monoisotopic (exact) mass is 355 g/mol. The lowest BCUT2D eigenvalue weighted by molar-refractivity contribution is -0.692. The molecule has 1 aromatic heterocycles. The fraction of sp³-hybridized carbons (Fsp3) is 0.533. The van der Waals surface area contributed by atoms with Crippen molar-refractivity contribution in [2.45, 2.75) is 29.0 Å². The van der Waals surface area contributed by atoms with Gasteiger partial charge in [-0.1, -0.05) is 6.07 Å². The average Bonchev–Trinajstić information content (AvgIpc) is 2.89. The van der Waals surface area contributed by atoms with Crippen LogP contribution < -0.4 is 4.57 Å². The predicted molar refractivity (Wildman–Crippen MR) is 87.7 cm³/mol. The van der Waals surface area contributed by atoms with Crippen LogP contribution in [0, 0.1) is 5.92 Å². The Balaban J connectivity index is 1.60. The van der Waals surface area contributed by atoms with Crippen molar-refractivity contribution in [3.05, 3.63) is 30.6 Å². The van der Waals surface area contributed by atoms with E-state index in [0.717, 1.165) is 12.3 Å². The Bertz CT molecular complexity index is 586. The molecular weight excluding hydrogens is 336 g/mol. The van der Waals surface area contributed by atoms with Crippen LogP contribution in [0.25, 0.3) is 0 Å². The van der Waals surface area contributed by atoms with Gasteiger partial charge in [-0.15, -0.1) is 23.5 Å². The van der Waals surface area contributed by atoms with Crippen LogP contribution >= 0.6 is 23.5 Å². The number of aliphatic hydroxyl groups is 1. The molecule has 3 unspecified atom stereocenters. The highest BCUT2D eigenvalue weighted by atomic mass is 32.2. The first-order valence-corrected chi connectivity index (χ1v) is 9.49. The van der Waals surface area contributed by atoms with E-state index in [1.807, 2.05) is 30.6 Å². The van der Waals surface area contributed by atoms with Gasteiger partial charge in [-0.25, -0.2) is 9.36 Å². The number of rotatable bonds is 7. The normalized spacial score (nSPS) is 29.3. The van der Waals surface area contributed by atoms with Gasteiger partial charge in [0.1, 0.15) is 0 Å². The van der Waals surface area contributed by atoms with Crippen molar-refractivity contribution in [3.8, 4) is 0 Å². The Hall–Kier alpha value is -1.25. The number of fused-ring (bicyclic) bond motifs is 1. The van der Waals surface area contributed by atoms with Gasteiger partial charge >= 0.3 is 5.97 Å². The molecular formula is C15H19N2O4S2+. The largest absolute Gasteiger partial charge is 0.480 e. The van der Waals surface area contributed by atoms with Crippen molar-refractivity contribution in [1.82, 2.24) is 4.90 Å². The van der Waals surface area contributed by atoms with Gasteiger partial charge in [-0.2, -0.15) is 0 Å². The van der Waals surface area contributed by atoms with Crippen LogP contribution in [0.4, 0.5) is 0 Å². The molecule has 0 aliphatic carbocycles. The maximum Gasteiger partial charge on any atom is 0.328 e. The summed E-state index contributed by atoms with van der Waals surface area (Å²) >= 11 is 3.14. The molecule has 0 aromatic carbocycles. The zero-order valence-electron chi connectivity index (χ0n) is 12.4. The number of nitrogens with zero attached hydrogens (tertiary/aromatic N) is 2. The van der Waals surface area contributed by atoms with E-state index in [-0.39, 0.29) is 28.4 Å². The third-order valence-electron chi connectivity index (χ3n) is 4.12. The van der Waals surface area contributed by atoms with Crippen LogP contribution in [0.1, 0.15) is 6.42 Å². The lowest BCUT2D eigenvalue weighted by Gasteiger charge is -2.43. The Labute approximate surface area is 142 Å². The minimum atomic E-state index is -0.944. The van der Waals surface area contributed by atoms with Crippen LogP contribution in [0.2, 0.25) is 0 Å². The number of aliphatic hydroxyl groups excluding tert-OH is 1. The maximum atomic E-state index is 12.1. The predicted octanol–water partition coefficient (Wildman–Crippen LogP) is 0.400. The third kappa shape index (κ3) is 3.20. The van der Waals surface area contributed by atoms with E-state index in [1.54, 1.807) is 23.5 Å². The second kappa shape index (κ2) is 7.11. The highest BCUT2D eigenvalue weighted by Gasteiger charge is 2.60. The second-order valence-corrected chi connectivity index (χ2v) is 8.34. The minimum absolute atomic E-state index is 0.0402. The van der Waals surface area contributed by atoms with Gasteiger partial charge in [0.2, 0.25) is 5.91 Å². The van der Waals surface area contributed by atoms with Gasteiger partial charge in [0.25, 0.3) is 0 Å². The van der Waals surface area contributed by atoms with Gasteiger partial charge < -0.3 is 15.1 Å². The van der Waals surface area contributed by atoms with Crippen molar-refractivity contribution in [2.75, 3.05) is 12.4 Å². The lowest BCUT2D eigenvalue weighted by Crippen LogP contribution is -2.61. The average molecular weight is 355 g/mol.